The van der Waals surface area contributed by atoms with E-state index in [0.29, 0.717) is 30.2 Å². The van der Waals surface area contributed by atoms with Crippen LogP contribution in [0.15, 0.2) is 30.9 Å². The van der Waals surface area contributed by atoms with Gasteiger partial charge < -0.3 is 14.5 Å². The van der Waals surface area contributed by atoms with Crippen LogP contribution < -0.4 is 9.64 Å². The van der Waals surface area contributed by atoms with Crippen molar-refractivity contribution in [3.63, 3.8) is 0 Å². The van der Waals surface area contributed by atoms with Crippen molar-refractivity contribution in [2.24, 2.45) is 0 Å². The van der Waals surface area contributed by atoms with Crippen LogP contribution in [0.25, 0.3) is 0 Å². The molecule has 0 atom stereocenters. The Morgan fingerprint density at radius 1 is 1.19 bits per heavy atom. The Balaban J connectivity index is 1.88. The van der Waals surface area contributed by atoms with E-state index in [1.807, 2.05) is 4.90 Å². The Hall–Kier alpha value is -2.30. The van der Waals surface area contributed by atoms with Gasteiger partial charge in [-0.2, -0.15) is 0 Å². The summed E-state index contributed by atoms with van der Waals surface area (Å²) in [6.07, 6.45) is 3.42. The van der Waals surface area contributed by atoms with Gasteiger partial charge in [-0.15, -0.1) is 0 Å². The number of carbonyl (C=O) groups excluding carboxylic acids is 2. The van der Waals surface area contributed by atoms with Crippen molar-refractivity contribution in [2.45, 2.75) is 12.8 Å². The van der Waals surface area contributed by atoms with Crippen molar-refractivity contribution in [1.82, 2.24) is 4.90 Å². The molecule has 1 aromatic rings. The zero-order chi connectivity index (χ0) is 14.8. The average Bonchev–Trinajstić information content (AvgIpc) is 3.06. The summed E-state index contributed by atoms with van der Waals surface area (Å²) in [4.78, 5) is 27.7. The lowest BCUT2D eigenvalue weighted by molar-refractivity contribution is -0.114. The van der Waals surface area contributed by atoms with Gasteiger partial charge in [0.1, 0.15) is 12.4 Å². The molecule has 1 fully saturated rings. The molecule has 0 aliphatic carbocycles. The molecule has 0 N–H and O–H groups in total. The molecule has 2 heterocycles. The molecule has 0 radical (unpaired) electrons. The zero-order valence-electron chi connectivity index (χ0n) is 11.9. The van der Waals surface area contributed by atoms with Gasteiger partial charge in [0.2, 0.25) is 0 Å². The first-order valence-electron chi connectivity index (χ1n) is 7.21. The monoisotopic (exact) mass is 286 g/mol. The molecular formula is C16H18N2O3. The summed E-state index contributed by atoms with van der Waals surface area (Å²) in [5.74, 6) is 0.464. The van der Waals surface area contributed by atoms with E-state index in [1.165, 1.54) is 6.08 Å². The average molecular weight is 286 g/mol. The third-order valence-electron chi connectivity index (χ3n) is 3.90. The van der Waals surface area contributed by atoms with E-state index < -0.39 is 0 Å². The van der Waals surface area contributed by atoms with Crippen molar-refractivity contribution in [1.29, 1.82) is 0 Å². The second-order valence-corrected chi connectivity index (χ2v) is 5.22. The maximum absolute atomic E-state index is 12.4. The highest BCUT2D eigenvalue weighted by atomic mass is 16.5. The van der Waals surface area contributed by atoms with E-state index in [1.54, 1.807) is 23.1 Å². The van der Waals surface area contributed by atoms with Crippen LogP contribution in [-0.4, -0.2) is 43.0 Å². The largest absolute Gasteiger partial charge is 0.490 e. The lowest BCUT2D eigenvalue weighted by atomic mass is 10.1. The molecule has 0 aromatic heterocycles. The zero-order valence-corrected chi connectivity index (χ0v) is 11.9. The molecule has 21 heavy (non-hydrogen) atoms. The van der Waals surface area contributed by atoms with Gasteiger partial charge in [0.25, 0.3) is 11.8 Å². The molecule has 2 aliphatic rings. The van der Waals surface area contributed by atoms with Gasteiger partial charge in [-0.3, -0.25) is 9.59 Å². The minimum absolute atomic E-state index is 0.0334. The first-order chi connectivity index (χ1) is 10.2. The topological polar surface area (TPSA) is 49.9 Å². The molecule has 2 amide bonds. The highest BCUT2D eigenvalue weighted by molar-refractivity contribution is 6.03. The Morgan fingerprint density at radius 3 is 2.67 bits per heavy atom. The van der Waals surface area contributed by atoms with E-state index in [0.717, 1.165) is 25.9 Å². The van der Waals surface area contributed by atoms with Crippen LogP contribution in [0.3, 0.4) is 0 Å². The van der Waals surface area contributed by atoms with E-state index >= 15 is 0 Å². The summed E-state index contributed by atoms with van der Waals surface area (Å²) in [5, 5.41) is 0. The van der Waals surface area contributed by atoms with Gasteiger partial charge in [-0.05, 0) is 37.1 Å². The molecule has 1 saturated heterocycles. The third kappa shape index (κ3) is 2.51. The predicted octanol–water partition coefficient (Wildman–Crippen LogP) is 1.83. The molecule has 5 nitrogen and oxygen atoms in total. The molecule has 0 unspecified atom stereocenters. The number of amides is 2. The molecule has 3 rings (SSSR count). The fraction of sp³-hybridized carbons (Fsp3) is 0.375. The van der Waals surface area contributed by atoms with Gasteiger partial charge in [0.05, 0.1) is 12.2 Å². The number of hydrogen-bond donors (Lipinski definition) is 0. The van der Waals surface area contributed by atoms with Gasteiger partial charge >= 0.3 is 0 Å². The number of carbonyl (C=O) groups is 2. The smallest absolute Gasteiger partial charge is 0.253 e. The van der Waals surface area contributed by atoms with Crippen molar-refractivity contribution >= 4 is 17.5 Å². The Morgan fingerprint density at radius 2 is 1.95 bits per heavy atom. The number of likely N-dealkylation sites (tertiary alicyclic amines) is 1. The van der Waals surface area contributed by atoms with Crippen LogP contribution in [0.4, 0.5) is 5.69 Å². The molecule has 0 bridgehead atoms. The number of nitrogens with zero attached hydrogens (tertiary/aromatic N) is 2. The van der Waals surface area contributed by atoms with Crippen LogP contribution in [0.5, 0.6) is 5.75 Å². The lowest BCUT2D eigenvalue weighted by Gasteiger charge is -2.29. The maximum atomic E-state index is 12.4. The molecular weight excluding hydrogens is 268 g/mol. The minimum atomic E-state index is -0.154. The second-order valence-electron chi connectivity index (χ2n) is 5.22. The van der Waals surface area contributed by atoms with E-state index in [9.17, 15) is 9.59 Å². The number of rotatable bonds is 2. The van der Waals surface area contributed by atoms with Crippen LogP contribution in [0, 0.1) is 0 Å². The SMILES string of the molecule is C=CC(=O)N1CCOc2cc(C(=O)N3CCCC3)ccc21. The quantitative estimate of drug-likeness (QED) is 0.779. The van der Waals surface area contributed by atoms with Crippen LogP contribution in [0.1, 0.15) is 23.2 Å². The molecule has 1 aromatic carbocycles. The Bertz CT molecular complexity index is 591. The lowest BCUT2D eigenvalue weighted by Crippen LogP contribution is -2.37. The molecule has 0 saturated carbocycles. The molecule has 2 aliphatic heterocycles. The summed E-state index contributed by atoms with van der Waals surface area (Å²) in [6, 6.07) is 5.27. The molecule has 5 heteroatoms. The highest BCUT2D eigenvalue weighted by Gasteiger charge is 2.25. The summed E-state index contributed by atoms with van der Waals surface area (Å²) in [6.45, 7) is 6.07. The summed E-state index contributed by atoms with van der Waals surface area (Å²) < 4.78 is 5.60. The maximum Gasteiger partial charge on any atom is 0.253 e. The summed E-state index contributed by atoms with van der Waals surface area (Å²) in [7, 11) is 0. The van der Waals surface area contributed by atoms with E-state index in [4.69, 9.17) is 4.74 Å². The number of hydrogen-bond acceptors (Lipinski definition) is 3. The van der Waals surface area contributed by atoms with Gasteiger partial charge in [0.15, 0.2) is 0 Å². The minimum Gasteiger partial charge on any atom is -0.490 e. The van der Waals surface area contributed by atoms with Crippen LogP contribution in [0.2, 0.25) is 0 Å². The van der Waals surface area contributed by atoms with E-state index in [2.05, 4.69) is 6.58 Å². The van der Waals surface area contributed by atoms with Crippen molar-refractivity contribution < 1.29 is 14.3 Å². The van der Waals surface area contributed by atoms with Crippen molar-refractivity contribution in [3.05, 3.63) is 36.4 Å². The van der Waals surface area contributed by atoms with Gasteiger partial charge in [-0.1, -0.05) is 6.58 Å². The first-order valence-corrected chi connectivity index (χ1v) is 7.21. The first kappa shape index (κ1) is 13.7. The fourth-order valence-corrected chi connectivity index (χ4v) is 2.79. The molecule has 110 valence electrons. The highest BCUT2D eigenvalue weighted by Crippen LogP contribution is 2.33. The number of anilines is 1. The van der Waals surface area contributed by atoms with Crippen LogP contribution in [-0.2, 0) is 4.79 Å². The number of ether oxygens (including phenoxy) is 1. The normalized spacial score (nSPS) is 17.1. The van der Waals surface area contributed by atoms with Crippen molar-refractivity contribution in [3.8, 4) is 5.75 Å². The standard InChI is InChI=1S/C16H18N2O3/c1-2-15(19)18-9-10-21-14-11-12(5-6-13(14)18)16(20)17-7-3-4-8-17/h2,5-6,11H,1,3-4,7-10H2. The Kier molecular flexibility index (Phi) is 3.64. The van der Waals surface area contributed by atoms with Crippen LogP contribution >= 0.6 is 0 Å². The predicted molar refractivity (Wildman–Crippen MR) is 79.6 cm³/mol. The Labute approximate surface area is 123 Å². The van der Waals surface area contributed by atoms with Gasteiger partial charge in [-0.25, -0.2) is 0 Å². The van der Waals surface area contributed by atoms with E-state index in [-0.39, 0.29) is 11.8 Å². The second kappa shape index (κ2) is 5.60. The number of benzene rings is 1. The summed E-state index contributed by atoms with van der Waals surface area (Å²) >= 11 is 0. The third-order valence-corrected chi connectivity index (χ3v) is 3.90. The van der Waals surface area contributed by atoms with Gasteiger partial charge in [0, 0.05) is 18.7 Å². The van der Waals surface area contributed by atoms with Crippen molar-refractivity contribution in [2.75, 3.05) is 31.1 Å². The fourth-order valence-electron chi connectivity index (χ4n) is 2.79. The number of fused-ring (bicyclic) bond motifs is 1. The summed E-state index contributed by atoms with van der Waals surface area (Å²) in [5.41, 5.74) is 1.31. The molecule has 0 spiro atoms.